The summed E-state index contributed by atoms with van der Waals surface area (Å²) in [6, 6.07) is 6.63. The highest BCUT2D eigenvalue weighted by atomic mass is 32.1. The van der Waals surface area contributed by atoms with Crippen molar-refractivity contribution in [3.63, 3.8) is 0 Å². The molecule has 1 aromatic carbocycles. The quantitative estimate of drug-likeness (QED) is 0.886. The van der Waals surface area contributed by atoms with Crippen LogP contribution in [0, 0.1) is 5.82 Å². The van der Waals surface area contributed by atoms with Crippen LogP contribution < -0.4 is 10.6 Å². The highest BCUT2D eigenvalue weighted by Crippen LogP contribution is 2.28. The molecule has 0 fully saturated rings. The van der Waals surface area contributed by atoms with Crippen LogP contribution in [0.4, 0.5) is 15.2 Å². The van der Waals surface area contributed by atoms with E-state index in [0.29, 0.717) is 23.9 Å². The fourth-order valence-corrected chi connectivity index (χ4v) is 2.12. The second kappa shape index (κ2) is 5.70. The first-order valence-corrected chi connectivity index (χ1v) is 6.19. The minimum Gasteiger partial charge on any atom is -0.330 e. The minimum atomic E-state index is -0.264. The van der Waals surface area contributed by atoms with Crippen molar-refractivity contribution in [1.82, 2.24) is 10.2 Å². The summed E-state index contributed by atoms with van der Waals surface area (Å²) >= 11 is 1.38. The Morgan fingerprint density at radius 1 is 1.35 bits per heavy atom. The summed E-state index contributed by atoms with van der Waals surface area (Å²) in [5.41, 5.74) is 7.64. The summed E-state index contributed by atoms with van der Waals surface area (Å²) < 4.78 is 13.7. The first-order valence-electron chi connectivity index (χ1n) is 5.31. The molecule has 2 aromatic rings. The molecule has 1 aromatic heterocycles. The fraction of sp³-hybridized carbons (Fsp3) is 0.273. The fourth-order valence-electron chi connectivity index (χ4n) is 1.52. The second-order valence-corrected chi connectivity index (χ2v) is 4.28. The maximum absolute atomic E-state index is 13.7. The number of aromatic nitrogens is 2. The lowest BCUT2D eigenvalue weighted by atomic mass is 10.2. The van der Waals surface area contributed by atoms with E-state index in [1.54, 1.807) is 28.6 Å². The van der Waals surface area contributed by atoms with Crippen molar-refractivity contribution < 1.29 is 4.39 Å². The average molecular weight is 252 g/mol. The first kappa shape index (κ1) is 11.9. The van der Waals surface area contributed by atoms with Gasteiger partial charge in [-0.25, -0.2) is 4.39 Å². The molecule has 17 heavy (non-hydrogen) atoms. The van der Waals surface area contributed by atoms with Gasteiger partial charge in [0.2, 0.25) is 5.13 Å². The zero-order chi connectivity index (χ0) is 12.1. The van der Waals surface area contributed by atoms with Gasteiger partial charge in [0, 0.05) is 6.54 Å². The van der Waals surface area contributed by atoms with Gasteiger partial charge in [0.25, 0.3) is 0 Å². The van der Waals surface area contributed by atoms with E-state index >= 15 is 0 Å². The van der Waals surface area contributed by atoms with Crippen LogP contribution in [0.15, 0.2) is 29.8 Å². The molecule has 0 saturated heterocycles. The normalized spacial score (nSPS) is 10.5. The van der Waals surface area contributed by atoms with Crippen LogP contribution in [-0.2, 0) is 0 Å². The van der Waals surface area contributed by atoms with Crippen LogP contribution in [0.3, 0.4) is 0 Å². The van der Waals surface area contributed by atoms with Crippen molar-refractivity contribution in [3.8, 4) is 0 Å². The summed E-state index contributed by atoms with van der Waals surface area (Å²) in [4.78, 5) is 1.81. The lowest BCUT2D eigenvalue weighted by Crippen LogP contribution is -2.21. The molecule has 4 nitrogen and oxygen atoms in total. The summed E-state index contributed by atoms with van der Waals surface area (Å²) in [5, 5.41) is 8.44. The van der Waals surface area contributed by atoms with Gasteiger partial charge < -0.3 is 10.6 Å². The van der Waals surface area contributed by atoms with Crippen LogP contribution in [-0.4, -0.2) is 23.3 Å². The van der Waals surface area contributed by atoms with Crippen molar-refractivity contribution in [2.24, 2.45) is 5.73 Å². The van der Waals surface area contributed by atoms with Gasteiger partial charge in [-0.05, 0) is 25.1 Å². The van der Waals surface area contributed by atoms with E-state index in [4.69, 9.17) is 5.73 Å². The predicted molar refractivity (Wildman–Crippen MR) is 67.0 cm³/mol. The van der Waals surface area contributed by atoms with Gasteiger partial charge in [0.05, 0.1) is 5.69 Å². The number of para-hydroxylation sites is 1. The SMILES string of the molecule is NCCCN(c1nncs1)c1ccccc1F. The molecule has 2 N–H and O–H groups in total. The van der Waals surface area contributed by atoms with Crippen molar-refractivity contribution in [3.05, 3.63) is 35.6 Å². The molecule has 0 saturated carbocycles. The number of anilines is 2. The lowest BCUT2D eigenvalue weighted by Gasteiger charge is -2.21. The number of benzene rings is 1. The van der Waals surface area contributed by atoms with Gasteiger partial charge in [-0.1, -0.05) is 23.5 Å². The van der Waals surface area contributed by atoms with Crippen LogP contribution in [0.5, 0.6) is 0 Å². The monoisotopic (exact) mass is 252 g/mol. The summed E-state index contributed by atoms with van der Waals surface area (Å²) in [5.74, 6) is -0.264. The number of rotatable bonds is 5. The third-order valence-electron chi connectivity index (χ3n) is 2.31. The highest BCUT2D eigenvalue weighted by molar-refractivity contribution is 7.13. The van der Waals surface area contributed by atoms with Crippen LogP contribution >= 0.6 is 11.3 Å². The molecule has 0 unspecified atom stereocenters. The van der Waals surface area contributed by atoms with Crippen LogP contribution in [0.1, 0.15) is 6.42 Å². The Balaban J connectivity index is 2.30. The van der Waals surface area contributed by atoms with Crippen molar-refractivity contribution in [2.75, 3.05) is 18.0 Å². The predicted octanol–water partition coefficient (Wildman–Crippen LogP) is 2.16. The molecule has 0 atom stereocenters. The maximum Gasteiger partial charge on any atom is 0.212 e. The van der Waals surface area contributed by atoms with Crippen molar-refractivity contribution in [2.45, 2.75) is 6.42 Å². The van der Waals surface area contributed by atoms with Crippen LogP contribution in [0.2, 0.25) is 0 Å². The van der Waals surface area contributed by atoms with Crippen LogP contribution in [0.25, 0.3) is 0 Å². The third kappa shape index (κ3) is 2.78. The Morgan fingerprint density at radius 2 is 2.18 bits per heavy atom. The van der Waals surface area contributed by atoms with E-state index < -0.39 is 0 Å². The Hall–Kier alpha value is -1.53. The van der Waals surface area contributed by atoms with Crippen molar-refractivity contribution in [1.29, 1.82) is 0 Å². The smallest absolute Gasteiger partial charge is 0.212 e. The average Bonchev–Trinajstić information content (AvgIpc) is 2.85. The lowest BCUT2D eigenvalue weighted by molar-refractivity contribution is 0.623. The Bertz CT molecular complexity index is 460. The standard InChI is InChI=1S/C11H13FN4S/c12-9-4-1-2-5-10(9)16(7-3-6-13)11-15-14-8-17-11/h1-2,4-5,8H,3,6-7,13H2. The summed E-state index contributed by atoms with van der Waals surface area (Å²) in [7, 11) is 0. The Morgan fingerprint density at radius 3 is 2.82 bits per heavy atom. The number of hydrogen-bond acceptors (Lipinski definition) is 5. The molecule has 2 rings (SSSR count). The highest BCUT2D eigenvalue weighted by Gasteiger charge is 2.15. The van der Waals surface area contributed by atoms with Crippen molar-refractivity contribution >= 4 is 22.2 Å². The van der Waals surface area contributed by atoms with Gasteiger partial charge in [-0.3, -0.25) is 0 Å². The maximum atomic E-state index is 13.7. The molecule has 1 heterocycles. The zero-order valence-electron chi connectivity index (χ0n) is 9.21. The third-order valence-corrected chi connectivity index (χ3v) is 3.02. The number of nitrogens with zero attached hydrogens (tertiary/aromatic N) is 3. The van der Waals surface area contributed by atoms with Gasteiger partial charge in [-0.15, -0.1) is 10.2 Å². The Labute approximate surface area is 103 Å². The minimum absolute atomic E-state index is 0.264. The number of hydrogen-bond donors (Lipinski definition) is 1. The van der Waals surface area contributed by atoms with Gasteiger partial charge in [-0.2, -0.15) is 0 Å². The van der Waals surface area contributed by atoms with E-state index in [0.717, 1.165) is 6.42 Å². The largest absolute Gasteiger partial charge is 0.330 e. The molecule has 0 aliphatic rings. The van der Waals surface area contributed by atoms with Gasteiger partial charge >= 0.3 is 0 Å². The molecule has 0 aliphatic carbocycles. The van der Waals surface area contributed by atoms with Gasteiger partial charge in [0.1, 0.15) is 11.3 Å². The molecular weight excluding hydrogens is 239 g/mol. The van der Waals surface area contributed by atoms with E-state index in [-0.39, 0.29) is 5.82 Å². The molecule has 6 heteroatoms. The molecule has 0 amide bonds. The van der Waals surface area contributed by atoms with E-state index in [2.05, 4.69) is 10.2 Å². The molecule has 0 spiro atoms. The molecule has 90 valence electrons. The van der Waals surface area contributed by atoms with E-state index in [9.17, 15) is 4.39 Å². The topological polar surface area (TPSA) is 55.0 Å². The number of halogens is 1. The van der Waals surface area contributed by atoms with E-state index in [1.807, 2.05) is 0 Å². The summed E-state index contributed by atoms with van der Waals surface area (Å²) in [6.07, 6.45) is 0.772. The molecular formula is C11H13FN4S. The molecule has 0 aliphatic heterocycles. The zero-order valence-corrected chi connectivity index (χ0v) is 10.0. The Kier molecular flexibility index (Phi) is 4.00. The first-order chi connectivity index (χ1) is 8.33. The second-order valence-electron chi connectivity index (χ2n) is 3.47. The number of nitrogens with two attached hydrogens (primary N) is 1. The van der Waals surface area contributed by atoms with Gasteiger partial charge in [0.15, 0.2) is 0 Å². The molecule has 0 bridgehead atoms. The molecule has 0 radical (unpaired) electrons. The van der Waals surface area contributed by atoms with E-state index in [1.165, 1.54) is 17.4 Å². The summed E-state index contributed by atoms with van der Waals surface area (Å²) in [6.45, 7) is 1.19.